The fraction of sp³-hybridized carbons (Fsp3) is 0.400. The number of aromatic hydroxyl groups is 1. The highest BCUT2D eigenvalue weighted by Gasteiger charge is 2.13. The number of aliphatic hydroxyl groups is 1. The van der Waals surface area contributed by atoms with E-state index in [1.54, 1.807) is 6.92 Å². The van der Waals surface area contributed by atoms with Crippen molar-refractivity contribution in [1.29, 1.82) is 0 Å². The van der Waals surface area contributed by atoms with Gasteiger partial charge in [-0.15, -0.1) is 0 Å². The third kappa shape index (κ3) is 2.16. The number of rotatable bonds is 3. The summed E-state index contributed by atoms with van der Waals surface area (Å²) in [4.78, 5) is 0. The first-order valence-electron chi connectivity index (χ1n) is 4.35. The van der Waals surface area contributed by atoms with Crippen molar-refractivity contribution in [2.24, 2.45) is 0 Å². The third-order valence-corrected chi connectivity index (χ3v) is 2.45. The summed E-state index contributed by atoms with van der Waals surface area (Å²) in [7, 11) is 0. The molecular weight excluding hydrogens is 207 g/mol. The average molecular weight is 219 g/mol. The molecule has 1 aromatic rings. The lowest BCUT2D eigenvalue weighted by atomic mass is 10.0. The van der Waals surface area contributed by atoms with Crippen LogP contribution in [-0.4, -0.2) is 16.8 Å². The molecule has 0 heterocycles. The molecule has 2 N–H and O–H groups in total. The van der Waals surface area contributed by atoms with Crippen molar-refractivity contribution in [3.05, 3.63) is 28.0 Å². The molecule has 0 unspecified atom stereocenters. The molecular formula is C10H12ClFO2. The van der Waals surface area contributed by atoms with Crippen LogP contribution in [0.5, 0.6) is 5.75 Å². The highest BCUT2D eigenvalue weighted by Crippen LogP contribution is 2.32. The second kappa shape index (κ2) is 4.62. The summed E-state index contributed by atoms with van der Waals surface area (Å²) >= 11 is 5.62. The van der Waals surface area contributed by atoms with Gasteiger partial charge in [0.1, 0.15) is 11.6 Å². The SMILES string of the molecule is Cc1c(F)cc(Cl)c(O)c1CCCO. The van der Waals surface area contributed by atoms with E-state index in [0.29, 0.717) is 24.0 Å². The van der Waals surface area contributed by atoms with Crippen molar-refractivity contribution in [1.82, 2.24) is 0 Å². The first-order valence-corrected chi connectivity index (χ1v) is 4.73. The summed E-state index contributed by atoms with van der Waals surface area (Å²) in [5, 5.41) is 18.2. The van der Waals surface area contributed by atoms with Gasteiger partial charge >= 0.3 is 0 Å². The molecule has 0 amide bonds. The van der Waals surface area contributed by atoms with Crippen molar-refractivity contribution in [3.8, 4) is 5.75 Å². The molecule has 0 aliphatic rings. The summed E-state index contributed by atoms with van der Waals surface area (Å²) in [6.07, 6.45) is 0.903. The van der Waals surface area contributed by atoms with E-state index in [9.17, 15) is 9.50 Å². The molecule has 0 radical (unpaired) electrons. The minimum atomic E-state index is -0.430. The topological polar surface area (TPSA) is 40.5 Å². The van der Waals surface area contributed by atoms with Crippen LogP contribution in [0.4, 0.5) is 4.39 Å². The van der Waals surface area contributed by atoms with Crippen molar-refractivity contribution in [2.45, 2.75) is 19.8 Å². The van der Waals surface area contributed by atoms with Gasteiger partial charge in [-0.05, 0) is 31.4 Å². The number of phenols is 1. The lowest BCUT2D eigenvalue weighted by Gasteiger charge is -2.10. The summed E-state index contributed by atoms with van der Waals surface area (Å²) in [5.41, 5.74) is 0.865. The van der Waals surface area contributed by atoms with Crippen LogP contribution in [0, 0.1) is 12.7 Å². The standard InChI is InChI=1S/C10H12ClFO2/c1-6-7(3-2-4-13)10(14)8(11)5-9(6)12/h5,13-14H,2-4H2,1H3. The number of benzene rings is 1. The summed E-state index contributed by atoms with van der Waals surface area (Å²) in [6.45, 7) is 1.59. The Morgan fingerprint density at radius 1 is 1.50 bits per heavy atom. The van der Waals surface area contributed by atoms with Crippen LogP contribution in [0.3, 0.4) is 0 Å². The van der Waals surface area contributed by atoms with Crippen molar-refractivity contribution < 1.29 is 14.6 Å². The Hall–Kier alpha value is -0.800. The molecule has 2 nitrogen and oxygen atoms in total. The molecule has 78 valence electrons. The quantitative estimate of drug-likeness (QED) is 0.818. The van der Waals surface area contributed by atoms with E-state index in [4.69, 9.17) is 16.7 Å². The Morgan fingerprint density at radius 3 is 2.71 bits per heavy atom. The molecule has 0 aliphatic carbocycles. The number of halogens is 2. The van der Waals surface area contributed by atoms with Crippen LogP contribution in [0.2, 0.25) is 5.02 Å². The van der Waals surface area contributed by atoms with Crippen LogP contribution in [0.25, 0.3) is 0 Å². The van der Waals surface area contributed by atoms with Crippen molar-refractivity contribution >= 4 is 11.6 Å². The van der Waals surface area contributed by atoms with E-state index < -0.39 is 5.82 Å². The molecule has 1 rings (SSSR count). The van der Waals surface area contributed by atoms with Crippen LogP contribution >= 0.6 is 11.6 Å². The predicted octanol–water partition coefficient (Wildman–Crippen LogP) is 2.42. The molecule has 0 aromatic heterocycles. The first-order chi connectivity index (χ1) is 6.57. The maximum atomic E-state index is 13.2. The Labute approximate surface area is 86.9 Å². The zero-order chi connectivity index (χ0) is 10.7. The van der Waals surface area contributed by atoms with E-state index in [2.05, 4.69) is 0 Å². The zero-order valence-electron chi connectivity index (χ0n) is 7.85. The number of hydrogen-bond acceptors (Lipinski definition) is 2. The van der Waals surface area contributed by atoms with Gasteiger partial charge in [-0.2, -0.15) is 0 Å². The molecule has 0 atom stereocenters. The Balaban J connectivity index is 3.11. The Kier molecular flexibility index (Phi) is 3.72. The van der Waals surface area contributed by atoms with E-state index >= 15 is 0 Å². The van der Waals surface area contributed by atoms with E-state index in [0.717, 1.165) is 6.07 Å². The Morgan fingerprint density at radius 2 is 2.14 bits per heavy atom. The number of phenolic OH excluding ortho intramolecular Hbond substituents is 1. The van der Waals surface area contributed by atoms with Gasteiger partial charge in [-0.25, -0.2) is 4.39 Å². The first kappa shape index (κ1) is 11.3. The minimum absolute atomic E-state index is 0.00696. The molecule has 0 fully saturated rings. The normalized spacial score (nSPS) is 10.6. The summed E-state index contributed by atoms with van der Waals surface area (Å²) < 4.78 is 13.2. The molecule has 14 heavy (non-hydrogen) atoms. The molecule has 0 aliphatic heterocycles. The molecule has 4 heteroatoms. The highest BCUT2D eigenvalue weighted by molar-refractivity contribution is 6.32. The van der Waals surface area contributed by atoms with Crippen LogP contribution in [0.1, 0.15) is 17.5 Å². The largest absolute Gasteiger partial charge is 0.506 e. The van der Waals surface area contributed by atoms with Crippen LogP contribution < -0.4 is 0 Å². The van der Waals surface area contributed by atoms with E-state index in [1.165, 1.54) is 0 Å². The van der Waals surface area contributed by atoms with E-state index in [-0.39, 0.29) is 17.4 Å². The average Bonchev–Trinajstić information content (AvgIpc) is 2.15. The second-order valence-electron chi connectivity index (χ2n) is 3.12. The monoisotopic (exact) mass is 218 g/mol. The van der Waals surface area contributed by atoms with Gasteiger partial charge in [0, 0.05) is 12.2 Å². The number of hydrogen-bond donors (Lipinski definition) is 2. The minimum Gasteiger partial charge on any atom is -0.506 e. The molecule has 0 saturated carbocycles. The number of aliphatic hydroxyl groups excluding tert-OH is 1. The molecule has 0 saturated heterocycles. The van der Waals surface area contributed by atoms with Crippen LogP contribution in [0.15, 0.2) is 6.07 Å². The summed E-state index contributed by atoms with van der Waals surface area (Å²) in [5.74, 6) is -0.514. The zero-order valence-corrected chi connectivity index (χ0v) is 8.60. The van der Waals surface area contributed by atoms with Gasteiger partial charge in [0.15, 0.2) is 0 Å². The lowest BCUT2D eigenvalue weighted by Crippen LogP contribution is -1.97. The molecule has 0 spiro atoms. The van der Waals surface area contributed by atoms with Gasteiger partial charge in [-0.3, -0.25) is 0 Å². The van der Waals surface area contributed by atoms with Crippen molar-refractivity contribution in [3.63, 3.8) is 0 Å². The van der Waals surface area contributed by atoms with Gasteiger partial charge in [0.25, 0.3) is 0 Å². The summed E-state index contributed by atoms with van der Waals surface area (Å²) in [6, 6.07) is 1.09. The van der Waals surface area contributed by atoms with E-state index in [1.807, 2.05) is 0 Å². The maximum Gasteiger partial charge on any atom is 0.137 e. The smallest absolute Gasteiger partial charge is 0.137 e. The molecule has 0 bridgehead atoms. The highest BCUT2D eigenvalue weighted by atomic mass is 35.5. The fourth-order valence-electron chi connectivity index (χ4n) is 1.32. The molecule has 1 aromatic carbocycles. The fourth-order valence-corrected chi connectivity index (χ4v) is 1.53. The Bertz CT molecular complexity index is 313. The van der Waals surface area contributed by atoms with Gasteiger partial charge < -0.3 is 10.2 Å². The predicted molar refractivity (Wildman–Crippen MR) is 53.2 cm³/mol. The van der Waals surface area contributed by atoms with Gasteiger partial charge in [0.05, 0.1) is 5.02 Å². The maximum absolute atomic E-state index is 13.2. The van der Waals surface area contributed by atoms with Gasteiger partial charge in [-0.1, -0.05) is 11.6 Å². The second-order valence-corrected chi connectivity index (χ2v) is 3.53. The van der Waals surface area contributed by atoms with Crippen LogP contribution in [-0.2, 0) is 6.42 Å². The lowest BCUT2D eigenvalue weighted by molar-refractivity contribution is 0.288. The third-order valence-electron chi connectivity index (χ3n) is 2.16. The van der Waals surface area contributed by atoms with Crippen molar-refractivity contribution in [2.75, 3.05) is 6.61 Å². The van der Waals surface area contributed by atoms with Gasteiger partial charge in [0.2, 0.25) is 0 Å².